The van der Waals surface area contributed by atoms with Crippen molar-refractivity contribution in [1.29, 1.82) is 0 Å². The summed E-state index contributed by atoms with van der Waals surface area (Å²) in [6, 6.07) is 34.3. The first-order valence-electron chi connectivity index (χ1n) is 13.3. The van der Waals surface area contributed by atoms with Gasteiger partial charge in [0.15, 0.2) is 0 Å². The molecule has 0 aliphatic heterocycles. The summed E-state index contributed by atoms with van der Waals surface area (Å²) in [6.45, 7) is 7.21. The Balaban J connectivity index is 0.00000408. The zero-order valence-electron chi connectivity index (χ0n) is 21.5. The van der Waals surface area contributed by atoms with Crippen molar-refractivity contribution >= 4 is 23.2 Å². The minimum atomic E-state index is -1.79. The maximum Gasteiger partial charge on any atom is 0.115 e. The lowest BCUT2D eigenvalue weighted by Crippen LogP contribution is -3.00. The van der Waals surface area contributed by atoms with E-state index in [1.807, 2.05) is 0 Å². The van der Waals surface area contributed by atoms with Gasteiger partial charge in [-0.15, -0.1) is 0 Å². The number of benzene rings is 3. The fraction of sp³-hybridized carbons (Fsp3) is 0.438. The third-order valence-electron chi connectivity index (χ3n) is 7.11. The van der Waals surface area contributed by atoms with E-state index >= 15 is 0 Å². The molecule has 184 valence electrons. The SMILES string of the molecule is CCCCCCCCCCC(C(C)C)[P+](c1ccccc1)(c1ccccc1)c1ccccc1.[Br-]. The van der Waals surface area contributed by atoms with E-state index in [2.05, 4.69) is 112 Å². The molecule has 0 aliphatic carbocycles. The molecule has 0 fully saturated rings. The molecule has 3 aromatic rings. The molecule has 0 aliphatic rings. The average Bonchev–Trinajstić information content (AvgIpc) is 2.86. The van der Waals surface area contributed by atoms with Crippen LogP contribution in [0.25, 0.3) is 0 Å². The van der Waals surface area contributed by atoms with Crippen LogP contribution in [-0.2, 0) is 0 Å². The van der Waals surface area contributed by atoms with Gasteiger partial charge in [-0.3, -0.25) is 0 Å². The fourth-order valence-electron chi connectivity index (χ4n) is 5.47. The van der Waals surface area contributed by atoms with E-state index in [0.29, 0.717) is 11.6 Å². The zero-order chi connectivity index (χ0) is 23.4. The molecule has 0 aromatic heterocycles. The van der Waals surface area contributed by atoms with E-state index in [-0.39, 0.29) is 17.0 Å². The van der Waals surface area contributed by atoms with Crippen molar-refractivity contribution in [2.45, 2.75) is 84.2 Å². The largest absolute Gasteiger partial charge is 1.00 e. The van der Waals surface area contributed by atoms with Crippen LogP contribution in [0, 0.1) is 5.92 Å². The van der Waals surface area contributed by atoms with Gasteiger partial charge in [-0.05, 0) is 55.2 Å². The Morgan fingerprint density at radius 1 is 0.529 bits per heavy atom. The molecular formula is C32H44BrP. The number of unbranched alkanes of at least 4 members (excludes halogenated alkanes) is 7. The molecule has 0 heterocycles. The predicted molar refractivity (Wildman–Crippen MR) is 151 cm³/mol. The molecule has 1 atom stereocenters. The lowest BCUT2D eigenvalue weighted by molar-refractivity contribution is -0.00000688. The predicted octanol–water partition coefficient (Wildman–Crippen LogP) is 5.54. The summed E-state index contributed by atoms with van der Waals surface area (Å²) in [6.07, 6.45) is 12.4. The first kappa shape index (κ1) is 28.8. The summed E-state index contributed by atoms with van der Waals surface area (Å²) in [5, 5.41) is 4.59. The normalized spacial score (nSPS) is 12.4. The highest BCUT2D eigenvalue weighted by Crippen LogP contribution is 2.63. The molecule has 0 nitrogen and oxygen atoms in total. The standard InChI is InChI=1S/C32H44P.BrH/c1-4-5-6-7-8-9-10-20-27-32(28(2)3)33(29-21-14-11-15-22-29,30-23-16-12-17-24-30)31-25-18-13-19-26-31;/h11-19,21-26,28,32H,4-10,20,27H2,1-3H3;1H/q+1;/p-1. The highest BCUT2D eigenvalue weighted by Gasteiger charge is 2.52. The third kappa shape index (κ3) is 7.29. The van der Waals surface area contributed by atoms with Crippen molar-refractivity contribution < 1.29 is 17.0 Å². The van der Waals surface area contributed by atoms with Crippen LogP contribution >= 0.6 is 7.26 Å². The van der Waals surface area contributed by atoms with Crippen LogP contribution in [-0.4, -0.2) is 5.66 Å². The van der Waals surface area contributed by atoms with Crippen LogP contribution in [0.4, 0.5) is 0 Å². The molecule has 34 heavy (non-hydrogen) atoms. The second kappa shape index (κ2) is 15.5. The monoisotopic (exact) mass is 538 g/mol. The van der Waals surface area contributed by atoms with E-state index in [1.54, 1.807) is 0 Å². The summed E-state index contributed by atoms with van der Waals surface area (Å²) in [4.78, 5) is 0. The molecule has 0 N–H and O–H groups in total. The van der Waals surface area contributed by atoms with Crippen molar-refractivity contribution in [3.05, 3.63) is 91.0 Å². The summed E-state index contributed by atoms with van der Waals surface area (Å²) in [5.74, 6) is 0.628. The fourth-order valence-corrected chi connectivity index (χ4v) is 10.9. The van der Waals surface area contributed by atoms with E-state index in [1.165, 1.54) is 73.7 Å². The van der Waals surface area contributed by atoms with Gasteiger partial charge in [0.25, 0.3) is 0 Å². The zero-order valence-corrected chi connectivity index (χ0v) is 24.0. The Labute approximate surface area is 220 Å². The maximum absolute atomic E-state index is 2.46. The summed E-state index contributed by atoms with van der Waals surface area (Å²) in [5.41, 5.74) is 0.643. The van der Waals surface area contributed by atoms with Crippen LogP contribution in [0.15, 0.2) is 91.0 Å². The Kier molecular flexibility index (Phi) is 13.2. The Morgan fingerprint density at radius 3 is 1.24 bits per heavy atom. The minimum absolute atomic E-state index is 0. The van der Waals surface area contributed by atoms with Crippen LogP contribution in [0.1, 0.15) is 78.6 Å². The van der Waals surface area contributed by atoms with Gasteiger partial charge in [-0.1, -0.05) is 120 Å². The van der Waals surface area contributed by atoms with Crippen molar-refractivity contribution in [1.82, 2.24) is 0 Å². The van der Waals surface area contributed by atoms with Gasteiger partial charge >= 0.3 is 0 Å². The lowest BCUT2D eigenvalue weighted by Gasteiger charge is -2.37. The van der Waals surface area contributed by atoms with E-state index in [0.717, 1.165) is 0 Å². The van der Waals surface area contributed by atoms with Crippen molar-refractivity contribution in [3.63, 3.8) is 0 Å². The average molecular weight is 540 g/mol. The molecule has 1 unspecified atom stereocenters. The van der Waals surface area contributed by atoms with Gasteiger partial charge < -0.3 is 17.0 Å². The molecule has 0 amide bonds. The Hall–Kier alpha value is -1.43. The molecule has 3 rings (SSSR count). The Bertz CT molecular complexity index is 795. The van der Waals surface area contributed by atoms with Gasteiger partial charge in [0, 0.05) is 0 Å². The van der Waals surface area contributed by atoms with Gasteiger partial charge in [0.1, 0.15) is 23.2 Å². The van der Waals surface area contributed by atoms with Crippen molar-refractivity contribution in [2.24, 2.45) is 5.92 Å². The minimum Gasteiger partial charge on any atom is -1.00 e. The number of halogens is 1. The number of hydrogen-bond acceptors (Lipinski definition) is 0. The quantitative estimate of drug-likeness (QED) is 0.187. The van der Waals surface area contributed by atoms with E-state index in [4.69, 9.17) is 0 Å². The molecule has 0 spiro atoms. The van der Waals surface area contributed by atoms with E-state index < -0.39 is 7.26 Å². The van der Waals surface area contributed by atoms with Gasteiger partial charge in [-0.25, -0.2) is 0 Å². The molecule has 2 heteroatoms. The first-order valence-corrected chi connectivity index (χ1v) is 15.1. The summed E-state index contributed by atoms with van der Waals surface area (Å²) >= 11 is 0. The molecular weight excluding hydrogens is 495 g/mol. The van der Waals surface area contributed by atoms with Crippen molar-refractivity contribution in [3.8, 4) is 0 Å². The summed E-state index contributed by atoms with van der Waals surface area (Å²) < 4.78 is 0. The third-order valence-corrected chi connectivity index (χ3v) is 12.3. The van der Waals surface area contributed by atoms with Gasteiger partial charge in [0.05, 0.1) is 5.66 Å². The van der Waals surface area contributed by atoms with Gasteiger partial charge in [-0.2, -0.15) is 0 Å². The molecule has 0 radical (unpaired) electrons. The highest BCUT2D eigenvalue weighted by atomic mass is 79.9. The highest BCUT2D eigenvalue weighted by molar-refractivity contribution is 7.96. The van der Waals surface area contributed by atoms with Crippen LogP contribution < -0.4 is 32.9 Å². The van der Waals surface area contributed by atoms with E-state index in [9.17, 15) is 0 Å². The van der Waals surface area contributed by atoms with Crippen molar-refractivity contribution in [2.75, 3.05) is 0 Å². The Morgan fingerprint density at radius 2 is 0.882 bits per heavy atom. The molecule has 3 aromatic carbocycles. The second-order valence-electron chi connectivity index (χ2n) is 9.80. The van der Waals surface area contributed by atoms with Crippen LogP contribution in [0.3, 0.4) is 0 Å². The number of hydrogen-bond donors (Lipinski definition) is 0. The second-order valence-corrected chi connectivity index (χ2v) is 13.5. The first-order chi connectivity index (χ1) is 16.2. The maximum atomic E-state index is 2.46. The summed E-state index contributed by atoms with van der Waals surface area (Å²) in [7, 11) is -1.79. The molecule has 0 saturated heterocycles. The topological polar surface area (TPSA) is 0 Å². The van der Waals surface area contributed by atoms with Crippen LogP contribution in [0.5, 0.6) is 0 Å². The van der Waals surface area contributed by atoms with Gasteiger partial charge in [0.2, 0.25) is 0 Å². The van der Waals surface area contributed by atoms with Crippen LogP contribution in [0.2, 0.25) is 0 Å². The smallest absolute Gasteiger partial charge is 0.115 e. The molecule has 0 bridgehead atoms. The lowest BCUT2D eigenvalue weighted by atomic mass is 10.0. The number of rotatable bonds is 14. The molecule has 0 saturated carbocycles.